The van der Waals surface area contributed by atoms with Crippen LogP contribution in [0.4, 0.5) is 5.82 Å². The highest BCUT2D eigenvalue weighted by atomic mass is 16.5. The highest BCUT2D eigenvalue weighted by molar-refractivity contribution is 5.97. The quantitative estimate of drug-likeness (QED) is 0.610. The second kappa shape index (κ2) is 10.6. The highest BCUT2D eigenvalue weighted by Crippen LogP contribution is 2.39. The van der Waals surface area contributed by atoms with Crippen LogP contribution in [0.5, 0.6) is 5.75 Å². The van der Waals surface area contributed by atoms with Gasteiger partial charge in [-0.3, -0.25) is 9.59 Å². The molecule has 0 radical (unpaired) electrons. The zero-order chi connectivity index (χ0) is 26.2. The fraction of sp³-hybridized carbons (Fsp3) is 0.567. The Labute approximate surface area is 225 Å². The SMILES string of the molecule is CCN1CCC[C@H](NC(=O)c2ccc(N3C4CCC3CC(NC(=O)c3ccc5c(c3C)OCC5)C4)nc2)C1. The molecule has 1 aromatic heterocycles. The fourth-order valence-corrected chi connectivity index (χ4v) is 6.99. The molecule has 0 saturated carbocycles. The van der Waals surface area contributed by atoms with Gasteiger partial charge in [0.05, 0.1) is 12.2 Å². The molecule has 8 nitrogen and oxygen atoms in total. The van der Waals surface area contributed by atoms with E-state index in [1.807, 2.05) is 31.2 Å². The van der Waals surface area contributed by atoms with Crippen molar-refractivity contribution >= 4 is 17.6 Å². The monoisotopic (exact) mass is 517 g/mol. The number of likely N-dealkylation sites (tertiary alicyclic amines) is 1. The molecule has 3 atom stereocenters. The van der Waals surface area contributed by atoms with Gasteiger partial charge in [0.25, 0.3) is 11.8 Å². The number of likely N-dealkylation sites (N-methyl/N-ethyl adjacent to an activating group) is 1. The molecule has 0 aliphatic carbocycles. The van der Waals surface area contributed by atoms with Crippen molar-refractivity contribution < 1.29 is 14.3 Å². The third kappa shape index (κ3) is 4.86. The molecule has 2 aromatic rings. The maximum atomic E-state index is 13.2. The van der Waals surface area contributed by atoms with Gasteiger partial charge in [-0.05, 0) is 82.3 Å². The maximum absolute atomic E-state index is 13.2. The van der Waals surface area contributed by atoms with Gasteiger partial charge in [-0.1, -0.05) is 13.0 Å². The van der Waals surface area contributed by atoms with Crippen molar-refractivity contribution in [3.8, 4) is 5.75 Å². The number of rotatable bonds is 6. The van der Waals surface area contributed by atoms with E-state index in [4.69, 9.17) is 9.72 Å². The molecule has 4 aliphatic rings. The number of hydrogen-bond acceptors (Lipinski definition) is 6. The molecule has 202 valence electrons. The molecule has 8 heteroatoms. The number of amides is 2. The predicted octanol–water partition coefficient (Wildman–Crippen LogP) is 3.47. The first-order valence-electron chi connectivity index (χ1n) is 14.3. The minimum Gasteiger partial charge on any atom is -0.493 e. The van der Waals surface area contributed by atoms with E-state index in [1.165, 1.54) is 5.56 Å². The summed E-state index contributed by atoms with van der Waals surface area (Å²) < 4.78 is 5.77. The molecule has 6 rings (SSSR count). The average molecular weight is 518 g/mol. The Morgan fingerprint density at radius 2 is 1.82 bits per heavy atom. The van der Waals surface area contributed by atoms with E-state index in [0.29, 0.717) is 29.8 Å². The third-order valence-electron chi connectivity index (χ3n) is 8.98. The van der Waals surface area contributed by atoms with Gasteiger partial charge >= 0.3 is 0 Å². The summed E-state index contributed by atoms with van der Waals surface area (Å²) in [5, 5.41) is 6.51. The van der Waals surface area contributed by atoms with Crippen LogP contribution >= 0.6 is 0 Å². The number of anilines is 1. The van der Waals surface area contributed by atoms with Gasteiger partial charge in [0.2, 0.25) is 0 Å². The van der Waals surface area contributed by atoms with Crippen LogP contribution in [0.2, 0.25) is 0 Å². The lowest BCUT2D eigenvalue weighted by Crippen LogP contribution is -2.51. The van der Waals surface area contributed by atoms with Gasteiger partial charge in [0.1, 0.15) is 11.6 Å². The van der Waals surface area contributed by atoms with Gasteiger partial charge in [-0.15, -0.1) is 0 Å². The molecule has 2 N–H and O–H groups in total. The number of nitrogens with one attached hydrogen (secondary N) is 2. The Hall–Kier alpha value is -3.13. The number of nitrogens with zero attached hydrogens (tertiary/aromatic N) is 3. The molecule has 3 saturated heterocycles. The van der Waals surface area contributed by atoms with E-state index in [-0.39, 0.29) is 23.9 Å². The zero-order valence-corrected chi connectivity index (χ0v) is 22.5. The number of fused-ring (bicyclic) bond motifs is 3. The molecular formula is C30H39N5O3. The second-order valence-corrected chi connectivity index (χ2v) is 11.4. The molecule has 2 bridgehead atoms. The lowest BCUT2D eigenvalue weighted by Gasteiger charge is -2.40. The van der Waals surface area contributed by atoms with Gasteiger partial charge in [-0.25, -0.2) is 4.98 Å². The topological polar surface area (TPSA) is 86.8 Å². The fourth-order valence-electron chi connectivity index (χ4n) is 6.99. The first-order valence-corrected chi connectivity index (χ1v) is 14.3. The van der Waals surface area contributed by atoms with E-state index in [2.05, 4.69) is 27.4 Å². The van der Waals surface area contributed by atoms with Crippen molar-refractivity contribution in [1.82, 2.24) is 20.5 Å². The van der Waals surface area contributed by atoms with Crippen LogP contribution in [-0.2, 0) is 6.42 Å². The predicted molar refractivity (Wildman–Crippen MR) is 147 cm³/mol. The van der Waals surface area contributed by atoms with Crippen molar-refractivity contribution in [3.05, 3.63) is 52.7 Å². The molecule has 5 heterocycles. The van der Waals surface area contributed by atoms with Crippen LogP contribution in [0.25, 0.3) is 0 Å². The van der Waals surface area contributed by atoms with E-state index in [1.54, 1.807) is 6.20 Å². The lowest BCUT2D eigenvalue weighted by atomic mass is 9.96. The van der Waals surface area contributed by atoms with Crippen molar-refractivity contribution in [2.24, 2.45) is 0 Å². The van der Waals surface area contributed by atoms with Crippen molar-refractivity contribution in [2.45, 2.75) is 83.0 Å². The normalized spacial score (nSPS) is 26.5. The zero-order valence-electron chi connectivity index (χ0n) is 22.5. The Morgan fingerprint density at radius 3 is 2.55 bits per heavy atom. The summed E-state index contributed by atoms with van der Waals surface area (Å²) in [6, 6.07) is 8.91. The van der Waals surface area contributed by atoms with Crippen LogP contribution in [0, 0.1) is 6.92 Å². The molecular weight excluding hydrogens is 478 g/mol. The minimum atomic E-state index is -0.0383. The first-order chi connectivity index (χ1) is 18.5. The van der Waals surface area contributed by atoms with E-state index in [9.17, 15) is 9.59 Å². The molecule has 38 heavy (non-hydrogen) atoms. The van der Waals surface area contributed by atoms with Crippen LogP contribution in [0.1, 0.15) is 77.3 Å². The summed E-state index contributed by atoms with van der Waals surface area (Å²) >= 11 is 0. The van der Waals surface area contributed by atoms with Gasteiger partial charge in [0.15, 0.2) is 0 Å². The summed E-state index contributed by atoms with van der Waals surface area (Å²) in [4.78, 5) is 35.5. The number of aromatic nitrogens is 1. The molecule has 3 fully saturated rings. The van der Waals surface area contributed by atoms with Gasteiger partial charge in [0, 0.05) is 54.5 Å². The number of pyridine rings is 1. The largest absolute Gasteiger partial charge is 0.493 e. The second-order valence-electron chi connectivity index (χ2n) is 11.4. The Kier molecular flexibility index (Phi) is 6.99. The summed E-state index contributed by atoms with van der Waals surface area (Å²) in [5.74, 6) is 1.77. The van der Waals surface area contributed by atoms with Gasteiger partial charge < -0.3 is 25.2 Å². The van der Waals surface area contributed by atoms with Crippen molar-refractivity contribution in [1.29, 1.82) is 0 Å². The standard InChI is InChI=1S/C30H39N5O3/c1-3-34-13-4-5-22(18-34)32-29(36)21-7-11-27(31-17-21)35-24-8-9-25(35)16-23(15-24)33-30(37)26-10-6-20-12-14-38-28(20)19(26)2/h6-7,10-11,17,22-25H,3-5,8-9,12-16,18H2,1-2H3,(H,32,36)(H,33,37)/t22-,23?,24?,25?/m0/s1. The number of hydrogen-bond donors (Lipinski definition) is 2. The van der Waals surface area contributed by atoms with E-state index < -0.39 is 0 Å². The number of carbonyl (C=O) groups excluding carboxylic acids is 2. The average Bonchev–Trinajstić information content (AvgIpc) is 3.52. The molecule has 4 aliphatic heterocycles. The highest BCUT2D eigenvalue weighted by Gasteiger charge is 2.42. The summed E-state index contributed by atoms with van der Waals surface area (Å²) in [5.41, 5.74) is 3.47. The maximum Gasteiger partial charge on any atom is 0.253 e. The first kappa shape index (κ1) is 25.2. The summed E-state index contributed by atoms with van der Waals surface area (Å²) in [6.45, 7) is 7.90. The molecule has 2 amide bonds. The van der Waals surface area contributed by atoms with Gasteiger partial charge in [-0.2, -0.15) is 0 Å². The van der Waals surface area contributed by atoms with Crippen LogP contribution < -0.4 is 20.3 Å². The Morgan fingerprint density at radius 1 is 1.03 bits per heavy atom. The third-order valence-corrected chi connectivity index (χ3v) is 8.98. The van der Waals surface area contributed by atoms with Crippen molar-refractivity contribution in [2.75, 3.05) is 31.1 Å². The summed E-state index contributed by atoms with van der Waals surface area (Å²) in [7, 11) is 0. The van der Waals surface area contributed by atoms with Crippen LogP contribution in [0.3, 0.4) is 0 Å². The molecule has 1 aromatic carbocycles. The molecule has 2 unspecified atom stereocenters. The van der Waals surface area contributed by atoms with E-state index in [0.717, 1.165) is 81.7 Å². The Bertz CT molecular complexity index is 1190. The van der Waals surface area contributed by atoms with E-state index >= 15 is 0 Å². The number of piperidine rings is 2. The molecule has 0 spiro atoms. The Balaban J connectivity index is 1.07. The number of benzene rings is 1. The minimum absolute atomic E-state index is 0.00726. The van der Waals surface area contributed by atoms with Crippen molar-refractivity contribution in [3.63, 3.8) is 0 Å². The smallest absolute Gasteiger partial charge is 0.253 e. The summed E-state index contributed by atoms with van der Waals surface area (Å²) in [6.07, 6.45) is 8.79. The lowest BCUT2D eigenvalue weighted by molar-refractivity contribution is 0.0903. The van der Waals surface area contributed by atoms with Crippen LogP contribution in [0.15, 0.2) is 30.5 Å². The number of ether oxygens (including phenoxy) is 1. The number of carbonyl (C=O) groups is 2. The van der Waals surface area contributed by atoms with Crippen LogP contribution in [-0.4, -0.2) is 72.1 Å².